The maximum absolute atomic E-state index is 6.07. The maximum atomic E-state index is 6.07. The van der Waals surface area contributed by atoms with Gasteiger partial charge in [0.25, 0.3) is 0 Å². The molecule has 0 amide bonds. The fourth-order valence-electron chi connectivity index (χ4n) is 3.64. The lowest BCUT2D eigenvalue weighted by Gasteiger charge is -2.16. The Hall–Kier alpha value is -0.0800. The predicted octanol–water partition coefficient (Wildman–Crippen LogP) is 4.03. The Morgan fingerprint density at radius 3 is 2.39 bits per heavy atom. The summed E-state index contributed by atoms with van der Waals surface area (Å²) in [5, 5.41) is 0. The number of hydrogen-bond acceptors (Lipinski definition) is 2. The molecular weight excluding hydrogens is 224 g/mol. The van der Waals surface area contributed by atoms with Crippen LogP contribution in [0.15, 0.2) is 0 Å². The molecule has 0 spiro atoms. The third-order valence-electron chi connectivity index (χ3n) is 5.07. The average Bonchev–Trinajstić information content (AvgIpc) is 2.97. The molecule has 2 saturated carbocycles. The summed E-state index contributed by atoms with van der Waals surface area (Å²) in [6.45, 7) is 5.66. The molecule has 2 heteroatoms. The first-order valence-electron chi connectivity index (χ1n) is 7.83. The van der Waals surface area contributed by atoms with Gasteiger partial charge in [-0.15, -0.1) is 0 Å². The first-order chi connectivity index (χ1) is 8.69. The maximum Gasteiger partial charge on any atom is 0.0578 e. The second-order valence-electron chi connectivity index (χ2n) is 6.64. The van der Waals surface area contributed by atoms with Crippen molar-refractivity contribution in [2.45, 2.75) is 71.0 Å². The molecule has 0 radical (unpaired) electrons. The molecule has 0 aromatic carbocycles. The highest BCUT2D eigenvalue weighted by Gasteiger charge is 2.28. The van der Waals surface area contributed by atoms with Gasteiger partial charge in [0.2, 0.25) is 0 Å². The smallest absolute Gasteiger partial charge is 0.0578 e. The van der Waals surface area contributed by atoms with Crippen molar-refractivity contribution in [3.63, 3.8) is 0 Å². The van der Waals surface area contributed by atoms with Crippen LogP contribution in [0.3, 0.4) is 0 Å². The van der Waals surface area contributed by atoms with Crippen molar-refractivity contribution in [3.8, 4) is 0 Å². The molecule has 2 aliphatic carbocycles. The van der Waals surface area contributed by atoms with Crippen LogP contribution in [0.2, 0.25) is 0 Å². The van der Waals surface area contributed by atoms with E-state index in [-0.39, 0.29) is 0 Å². The van der Waals surface area contributed by atoms with Crippen molar-refractivity contribution in [1.29, 1.82) is 0 Å². The van der Waals surface area contributed by atoms with Crippen LogP contribution < -0.4 is 0 Å². The van der Waals surface area contributed by atoms with Crippen LogP contribution in [0.4, 0.5) is 0 Å². The molecule has 18 heavy (non-hydrogen) atoms. The quantitative estimate of drug-likeness (QED) is 0.712. The van der Waals surface area contributed by atoms with Gasteiger partial charge in [-0.1, -0.05) is 13.8 Å². The minimum absolute atomic E-state index is 0.520. The largest absolute Gasteiger partial charge is 0.381 e. The molecule has 2 aliphatic rings. The van der Waals surface area contributed by atoms with Gasteiger partial charge in [0.05, 0.1) is 12.2 Å². The van der Waals surface area contributed by atoms with Gasteiger partial charge in [-0.25, -0.2) is 0 Å². The zero-order chi connectivity index (χ0) is 13.0. The molecule has 2 rings (SSSR count). The SMILES string of the molecule is CO[C@H]1CC[C@H](CCO[C@H]2CC[C@@H](C(C)C)C2)C1. The monoisotopic (exact) mass is 254 g/mol. The van der Waals surface area contributed by atoms with Crippen LogP contribution in [-0.2, 0) is 9.47 Å². The van der Waals surface area contributed by atoms with Crippen LogP contribution in [0.5, 0.6) is 0 Å². The molecule has 0 aliphatic heterocycles. The molecule has 0 aromatic heterocycles. The Kier molecular flexibility index (Phi) is 5.50. The van der Waals surface area contributed by atoms with E-state index in [4.69, 9.17) is 9.47 Å². The van der Waals surface area contributed by atoms with Gasteiger partial charge in [-0.05, 0) is 62.7 Å². The van der Waals surface area contributed by atoms with Crippen LogP contribution in [0, 0.1) is 17.8 Å². The fourth-order valence-corrected chi connectivity index (χ4v) is 3.64. The van der Waals surface area contributed by atoms with Gasteiger partial charge in [-0.2, -0.15) is 0 Å². The van der Waals surface area contributed by atoms with E-state index in [1.165, 1.54) is 44.9 Å². The lowest BCUT2D eigenvalue weighted by atomic mass is 9.95. The highest BCUT2D eigenvalue weighted by Crippen LogP contribution is 2.34. The van der Waals surface area contributed by atoms with Gasteiger partial charge in [-0.3, -0.25) is 0 Å². The third kappa shape index (κ3) is 3.96. The van der Waals surface area contributed by atoms with Crippen LogP contribution in [0.1, 0.15) is 58.8 Å². The van der Waals surface area contributed by atoms with Crippen molar-refractivity contribution in [1.82, 2.24) is 0 Å². The molecule has 2 nitrogen and oxygen atoms in total. The standard InChI is InChI=1S/C16H30O2/c1-12(2)14-5-7-16(11-14)18-9-8-13-4-6-15(10-13)17-3/h12-16H,4-11H2,1-3H3/t13-,14-,15+,16+/m1/s1. The van der Waals surface area contributed by atoms with Gasteiger partial charge >= 0.3 is 0 Å². The summed E-state index contributed by atoms with van der Waals surface area (Å²) in [4.78, 5) is 0. The third-order valence-corrected chi connectivity index (χ3v) is 5.07. The predicted molar refractivity (Wildman–Crippen MR) is 74.7 cm³/mol. The topological polar surface area (TPSA) is 18.5 Å². The molecule has 0 unspecified atom stereocenters. The minimum atomic E-state index is 0.520. The Bertz CT molecular complexity index is 239. The second-order valence-corrected chi connectivity index (χ2v) is 6.64. The zero-order valence-corrected chi connectivity index (χ0v) is 12.4. The molecule has 0 heterocycles. The van der Waals surface area contributed by atoms with E-state index in [9.17, 15) is 0 Å². The average molecular weight is 254 g/mol. The van der Waals surface area contributed by atoms with Gasteiger partial charge in [0.1, 0.15) is 0 Å². The Morgan fingerprint density at radius 1 is 1.00 bits per heavy atom. The van der Waals surface area contributed by atoms with Gasteiger partial charge in [0.15, 0.2) is 0 Å². The molecule has 4 atom stereocenters. The van der Waals surface area contributed by atoms with E-state index in [1.807, 2.05) is 7.11 Å². The van der Waals surface area contributed by atoms with E-state index in [0.717, 1.165) is 24.4 Å². The van der Waals surface area contributed by atoms with E-state index in [0.29, 0.717) is 12.2 Å². The zero-order valence-electron chi connectivity index (χ0n) is 12.4. The summed E-state index contributed by atoms with van der Waals surface area (Å²) in [6.07, 6.45) is 10.1. The molecule has 0 aromatic rings. The van der Waals surface area contributed by atoms with Crippen molar-refractivity contribution in [2.24, 2.45) is 17.8 Å². The highest BCUT2D eigenvalue weighted by molar-refractivity contribution is 4.79. The first kappa shape index (κ1) is 14.3. The van der Waals surface area contributed by atoms with Crippen LogP contribution in [0.25, 0.3) is 0 Å². The highest BCUT2D eigenvalue weighted by atomic mass is 16.5. The summed E-state index contributed by atoms with van der Waals surface area (Å²) >= 11 is 0. The summed E-state index contributed by atoms with van der Waals surface area (Å²) < 4.78 is 11.5. The molecular formula is C16H30O2. The van der Waals surface area contributed by atoms with E-state index < -0.39 is 0 Å². The second kappa shape index (κ2) is 6.91. The van der Waals surface area contributed by atoms with Crippen molar-refractivity contribution in [3.05, 3.63) is 0 Å². The van der Waals surface area contributed by atoms with Crippen molar-refractivity contribution < 1.29 is 9.47 Å². The summed E-state index contributed by atoms with van der Waals surface area (Å²) in [5.74, 6) is 2.58. The summed E-state index contributed by atoms with van der Waals surface area (Å²) in [6, 6.07) is 0. The molecule has 0 N–H and O–H groups in total. The lowest BCUT2D eigenvalue weighted by molar-refractivity contribution is 0.0435. The van der Waals surface area contributed by atoms with Crippen molar-refractivity contribution >= 4 is 0 Å². The van der Waals surface area contributed by atoms with Gasteiger partial charge in [0, 0.05) is 13.7 Å². The molecule has 2 fully saturated rings. The summed E-state index contributed by atoms with van der Waals surface area (Å²) in [7, 11) is 1.84. The van der Waals surface area contributed by atoms with E-state index in [1.54, 1.807) is 0 Å². The van der Waals surface area contributed by atoms with Crippen molar-refractivity contribution in [2.75, 3.05) is 13.7 Å². The van der Waals surface area contributed by atoms with E-state index >= 15 is 0 Å². The van der Waals surface area contributed by atoms with Crippen LogP contribution >= 0.6 is 0 Å². The van der Waals surface area contributed by atoms with Crippen LogP contribution in [-0.4, -0.2) is 25.9 Å². The minimum Gasteiger partial charge on any atom is -0.381 e. The Labute approximate surface area is 112 Å². The number of ether oxygens (including phenoxy) is 2. The molecule has 0 bridgehead atoms. The Morgan fingerprint density at radius 2 is 1.78 bits per heavy atom. The summed E-state index contributed by atoms with van der Waals surface area (Å²) in [5.41, 5.74) is 0. The number of methoxy groups -OCH3 is 1. The molecule has 106 valence electrons. The van der Waals surface area contributed by atoms with E-state index in [2.05, 4.69) is 13.8 Å². The molecule has 0 saturated heterocycles. The van der Waals surface area contributed by atoms with Gasteiger partial charge < -0.3 is 9.47 Å². The number of rotatable bonds is 6. The lowest BCUT2D eigenvalue weighted by Crippen LogP contribution is -2.13. The first-order valence-corrected chi connectivity index (χ1v) is 7.83. The fraction of sp³-hybridized carbons (Fsp3) is 1.00. The Balaban J connectivity index is 1.56. The number of hydrogen-bond donors (Lipinski definition) is 0. The normalized spacial score (nSPS) is 36.7.